The third-order valence-electron chi connectivity index (χ3n) is 3.90. The van der Waals surface area contributed by atoms with E-state index in [2.05, 4.69) is 0 Å². The van der Waals surface area contributed by atoms with Gasteiger partial charge in [-0.2, -0.15) is 0 Å². The molecule has 31 heavy (non-hydrogen) atoms. The summed E-state index contributed by atoms with van der Waals surface area (Å²) in [5, 5.41) is 20.6. The van der Waals surface area contributed by atoms with Crippen molar-refractivity contribution in [2.75, 3.05) is 18.1 Å². The molecule has 10 heteroatoms. The Balaban J connectivity index is 2.40. The molecule has 2 rings (SSSR count). The molecule has 0 fully saturated rings. The summed E-state index contributed by atoms with van der Waals surface area (Å²) >= 11 is 0. The summed E-state index contributed by atoms with van der Waals surface area (Å²) in [7, 11) is 0. The van der Waals surface area contributed by atoms with E-state index in [9.17, 15) is 29.2 Å². The summed E-state index contributed by atoms with van der Waals surface area (Å²) in [6.07, 6.45) is -0.852. The molecule has 0 atom stereocenters. The van der Waals surface area contributed by atoms with E-state index in [1.807, 2.05) is 0 Å². The number of aliphatic hydroxyl groups is 1. The maximum absolute atomic E-state index is 13.3. The first-order valence-corrected chi connectivity index (χ1v) is 9.33. The number of benzene rings is 2. The molecule has 0 bridgehead atoms. The Morgan fingerprint density at radius 1 is 1.19 bits per heavy atom. The van der Waals surface area contributed by atoms with E-state index in [-0.39, 0.29) is 24.4 Å². The average molecular weight is 434 g/mol. The Morgan fingerprint density at radius 3 is 2.48 bits per heavy atom. The topological polar surface area (TPSA) is 119 Å². The number of ether oxygens (including phenoxy) is 2. The Labute approximate surface area is 178 Å². The summed E-state index contributed by atoms with van der Waals surface area (Å²) in [6, 6.07) is 8.70. The molecule has 0 aliphatic rings. The van der Waals surface area contributed by atoms with Crippen LogP contribution in [0.5, 0.6) is 0 Å². The molecule has 0 unspecified atom stereocenters. The lowest BCUT2D eigenvalue weighted by atomic mass is 10.1. The van der Waals surface area contributed by atoms with Crippen LogP contribution in [0.2, 0.25) is 0 Å². The van der Waals surface area contributed by atoms with Crippen molar-refractivity contribution in [3.8, 4) is 0 Å². The minimum absolute atomic E-state index is 0.0295. The minimum atomic E-state index is -0.963. The van der Waals surface area contributed by atoms with E-state index in [1.165, 1.54) is 24.3 Å². The summed E-state index contributed by atoms with van der Waals surface area (Å²) in [4.78, 5) is 36.8. The van der Waals surface area contributed by atoms with Gasteiger partial charge in [0.2, 0.25) is 0 Å². The van der Waals surface area contributed by atoms with Gasteiger partial charge in [0, 0.05) is 12.1 Å². The van der Waals surface area contributed by atoms with E-state index in [1.54, 1.807) is 26.8 Å². The summed E-state index contributed by atoms with van der Waals surface area (Å²) in [6.45, 7) is 3.97. The van der Waals surface area contributed by atoms with Gasteiger partial charge in [-0.3, -0.25) is 15.0 Å². The zero-order valence-corrected chi connectivity index (χ0v) is 17.3. The molecule has 9 nitrogen and oxygen atoms in total. The first kappa shape index (κ1) is 23.7. The number of halogens is 1. The molecule has 0 saturated carbocycles. The maximum Gasteiger partial charge on any atom is 0.414 e. The van der Waals surface area contributed by atoms with Gasteiger partial charge in [0.25, 0.3) is 5.69 Å². The van der Waals surface area contributed by atoms with Gasteiger partial charge >= 0.3 is 12.1 Å². The predicted octanol–water partition coefficient (Wildman–Crippen LogP) is 3.82. The smallest absolute Gasteiger partial charge is 0.414 e. The van der Waals surface area contributed by atoms with Crippen LogP contribution in [0.3, 0.4) is 0 Å². The largest absolute Gasteiger partial charge is 0.457 e. The van der Waals surface area contributed by atoms with Crippen molar-refractivity contribution in [3.05, 3.63) is 69.5 Å². The molecule has 1 N–H and O–H groups in total. The SMILES string of the molecule is CC(C)(C)OC(=O)N(CCO)c1ccc([N+](=O)[O-])cc1C(=O)OCc1cccc(F)c1. The van der Waals surface area contributed by atoms with Crippen molar-refractivity contribution in [1.29, 1.82) is 0 Å². The molecule has 0 aliphatic carbocycles. The van der Waals surface area contributed by atoms with E-state index in [0.717, 1.165) is 17.0 Å². The molecule has 0 spiro atoms. The molecule has 166 valence electrons. The van der Waals surface area contributed by atoms with Crippen LogP contribution in [0.15, 0.2) is 42.5 Å². The lowest BCUT2D eigenvalue weighted by Gasteiger charge is -2.28. The van der Waals surface area contributed by atoms with E-state index >= 15 is 0 Å². The fraction of sp³-hybridized carbons (Fsp3) is 0.333. The number of nitro groups is 1. The first-order valence-electron chi connectivity index (χ1n) is 9.33. The number of aliphatic hydroxyl groups excluding tert-OH is 1. The van der Waals surface area contributed by atoms with Crippen LogP contribution in [-0.2, 0) is 16.1 Å². The minimum Gasteiger partial charge on any atom is -0.457 e. The van der Waals surface area contributed by atoms with Crippen molar-refractivity contribution < 1.29 is 33.5 Å². The predicted molar refractivity (Wildman–Crippen MR) is 109 cm³/mol. The Hall–Kier alpha value is -3.53. The second kappa shape index (κ2) is 9.98. The summed E-state index contributed by atoms with van der Waals surface area (Å²) < 4.78 is 23.8. The monoisotopic (exact) mass is 434 g/mol. The molecule has 0 saturated heterocycles. The van der Waals surface area contributed by atoms with Crippen LogP contribution in [-0.4, -0.2) is 40.8 Å². The number of hydrogen-bond donors (Lipinski definition) is 1. The zero-order chi connectivity index (χ0) is 23.2. The second-order valence-corrected chi connectivity index (χ2v) is 7.52. The van der Waals surface area contributed by atoms with Crippen molar-refractivity contribution >= 4 is 23.4 Å². The third-order valence-corrected chi connectivity index (χ3v) is 3.90. The van der Waals surface area contributed by atoms with Crippen LogP contribution in [0.4, 0.5) is 20.6 Å². The normalized spacial score (nSPS) is 11.0. The highest BCUT2D eigenvalue weighted by molar-refractivity contribution is 6.01. The van der Waals surface area contributed by atoms with E-state index in [0.29, 0.717) is 5.56 Å². The fourth-order valence-electron chi connectivity index (χ4n) is 2.62. The number of esters is 1. The van der Waals surface area contributed by atoms with Crippen molar-refractivity contribution in [1.82, 2.24) is 0 Å². The number of amides is 1. The zero-order valence-electron chi connectivity index (χ0n) is 17.3. The molecule has 0 radical (unpaired) electrons. The van der Waals surface area contributed by atoms with Gasteiger partial charge in [-0.05, 0) is 44.5 Å². The highest BCUT2D eigenvalue weighted by Gasteiger charge is 2.28. The van der Waals surface area contributed by atoms with Gasteiger partial charge in [-0.1, -0.05) is 12.1 Å². The number of anilines is 1. The van der Waals surface area contributed by atoms with Gasteiger partial charge in [-0.15, -0.1) is 0 Å². The van der Waals surface area contributed by atoms with Gasteiger partial charge in [0.15, 0.2) is 0 Å². The van der Waals surface area contributed by atoms with Crippen LogP contribution in [0, 0.1) is 15.9 Å². The number of rotatable bonds is 7. The molecule has 2 aromatic rings. The number of nitro benzene ring substituents is 1. The lowest BCUT2D eigenvalue weighted by Crippen LogP contribution is -2.39. The van der Waals surface area contributed by atoms with Gasteiger partial charge < -0.3 is 14.6 Å². The maximum atomic E-state index is 13.3. The van der Waals surface area contributed by atoms with E-state index in [4.69, 9.17) is 9.47 Å². The van der Waals surface area contributed by atoms with Crippen molar-refractivity contribution in [2.45, 2.75) is 33.0 Å². The lowest BCUT2D eigenvalue weighted by molar-refractivity contribution is -0.384. The molecular formula is C21H23FN2O7. The number of carbonyl (C=O) groups excluding carboxylic acids is 2. The van der Waals surface area contributed by atoms with Gasteiger partial charge in [0.1, 0.15) is 18.0 Å². The number of nitrogens with zero attached hydrogens (tertiary/aromatic N) is 2. The molecule has 1 amide bonds. The molecular weight excluding hydrogens is 411 g/mol. The first-order chi connectivity index (χ1) is 14.5. The van der Waals surface area contributed by atoms with Gasteiger partial charge in [0.05, 0.1) is 29.3 Å². The highest BCUT2D eigenvalue weighted by Crippen LogP contribution is 2.28. The Bertz CT molecular complexity index is 972. The van der Waals surface area contributed by atoms with Crippen LogP contribution >= 0.6 is 0 Å². The molecule has 0 aliphatic heterocycles. The van der Waals surface area contributed by atoms with Crippen LogP contribution < -0.4 is 4.90 Å². The van der Waals surface area contributed by atoms with Gasteiger partial charge in [-0.25, -0.2) is 14.0 Å². The Kier molecular flexibility index (Phi) is 7.65. The van der Waals surface area contributed by atoms with E-state index < -0.39 is 40.7 Å². The standard InChI is InChI=1S/C21H23FN2O7/c1-21(2,3)31-20(27)23(9-10-25)18-8-7-16(24(28)29)12-17(18)19(26)30-13-14-5-4-6-15(22)11-14/h4-8,11-12,25H,9-10,13H2,1-3H3. The summed E-state index contributed by atoms with van der Waals surface area (Å²) in [5.74, 6) is -1.47. The average Bonchev–Trinajstić information content (AvgIpc) is 2.68. The number of carbonyl (C=O) groups is 2. The number of non-ortho nitro benzene ring substituents is 1. The highest BCUT2D eigenvalue weighted by atomic mass is 19.1. The molecule has 2 aromatic carbocycles. The fourth-order valence-corrected chi connectivity index (χ4v) is 2.62. The third kappa shape index (κ3) is 6.75. The Morgan fingerprint density at radius 2 is 1.90 bits per heavy atom. The quantitative estimate of drug-likeness (QED) is 0.400. The summed E-state index contributed by atoms with van der Waals surface area (Å²) in [5.41, 5.74) is -1.18. The van der Waals surface area contributed by atoms with Crippen LogP contribution in [0.1, 0.15) is 36.7 Å². The number of hydrogen-bond acceptors (Lipinski definition) is 7. The van der Waals surface area contributed by atoms with Crippen molar-refractivity contribution in [2.24, 2.45) is 0 Å². The van der Waals surface area contributed by atoms with Crippen LogP contribution in [0.25, 0.3) is 0 Å². The molecule has 0 aromatic heterocycles. The second-order valence-electron chi connectivity index (χ2n) is 7.52. The molecule has 0 heterocycles. The van der Waals surface area contributed by atoms with Crippen molar-refractivity contribution in [3.63, 3.8) is 0 Å².